The van der Waals surface area contributed by atoms with Gasteiger partial charge in [-0.15, -0.1) is 0 Å². The highest BCUT2D eigenvalue weighted by Crippen LogP contribution is 2.26. The van der Waals surface area contributed by atoms with Gasteiger partial charge in [0.1, 0.15) is 5.75 Å². The SMILES string of the molecule is COc1ccc(C)cc1C(=O)N1CCC(C(=O)c2ccc(C)cc2)CC1. The summed E-state index contributed by atoms with van der Waals surface area (Å²) < 4.78 is 5.34. The van der Waals surface area contributed by atoms with Gasteiger partial charge in [0, 0.05) is 24.6 Å². The zero-order valence-electron chi connectivity index (χ0n) is 15.6. The van der Waals surface area contributed by atoms with E-state index in [1.165, 1.54) is 0 Å². The lowest BCUT2D eigenvalue weighted by Gasteiger charge is -2.31. The van der Waals surface area contributed by atoms with Crippen LogP contribution in [0.3, 0.4) is 0 Å². The lowest BCUT2D eigenvalue weighted by atomic mass is 9.88. The molecule has 0 radical (unpaired) electrons. The Bertz CT molecular complexity index is 803. The molecule has 1 aliphatic rings. The van der Waals surface area contributed by atoms with Gasteiger partial charge in [0.2, 0.25) is 0 Å². The molecule has 2 aromatic rings. The molecular weight excluding hydrogens is 326 g/mol. The molecule has 0 aliphatic carbocycles. The molecule has 0 aromatic heterocycles. The third-order valence-corrected chi connectivity index (χ3v) is 5.07. The van der Waals surface area contributed by atoms with E-state index in [0.29, 0.717) is 37.2 Å². The minimum Gasteiger partial charge on any atom is -0.496 e. The normalized spacial score (nSPS) is 15.0. The first kappa shape index (κ1) is 18.2. The number of ketones is 1. The van der Waals surface area contributed by atoms with E-state index < -0.39 is 0 Å². The summed E-state index contributed by atoms with van der Waals surface area (Å²) in [6.07, 6.45) is 1.40. The molecule has 3 rings (SSSR count). The summed E-state index contributed by atoms with van der Waals surface area (Å²) in [4.78, 5) is 27.4. The second-order valence-electron chi connectivity index (χ2n) is 7.00. The lowest BCUT2D eigenvalue weighted by molar-refractivity contribution is 0.0647. The number of nitrogens with zero attached hydrogens (tertiary/aromatic N) is 1. The maximum Gasteiger partial charge on any atom is 0.257 e. The second-order valence-corrected chi connectivity index (χ2v) is 7.00. The van der Waals surface area contributed by atoms with Crippen molar-refractivity contribution in [2.75, 3.05) is 20.2 Å². The Morgan fingerprint density at radius 2 is 1.58 bits per heavy atom. The minimum atomic E-state index is -0.0215. The highest BCUT2D eigenvalue weighted by molar-refractivity contribution is 5.99. The van der Waals surface area contributed by atoms with E-state index in [-0.39, 0.29) is 17.6 Å². The molecule has 26 heavy (non-hydrogen) atoms. The Kier molecular flexibility index (Phi) is 5.40. The number of carbonyl (C=O) groups excluding carboxylic acids is 2. The first-order chi connectivity index (χ1) is 12.5. The fourth-order valence-electron chi connectivity index (χ4n) is 3.46. The summed E-state index contributed by atoms with van der Waals surface area (Å²) in [5.41, 5.74) is 3.53. The Balaban J connectivity index is 1.66. The van der Waals surface area contributed by atoms with E-state index in [1.807, 2.05) is 61.2 Å². The van der Waals surface area contributed by atoms with Crippen LogP contribution in [-0.2, 0) is 0 Å². The third kappa shape index (κ3) is 3.79. The molecular formula is C22H25NO3. The van der Waals surface area contributed by atoms with E-state index in [0.717, 1.165) is 16.7 Å². The van der Waals surface area contributed by atoms with Crippen LogP contribution in [0.5, 0.6) is 5.75 Å². The number of piperidine rings is 1. The van der Waals surface area contributed by atoms with Gasteiger partial charge >= 0.3 is 0 Å². The van der Waals surface area contributed by atoms with E-state index in [1.54, 1.807) is 7.11 Å². The van der Waals surface area contributed by atoms with Gasteiger partial charge in [0.05, 0.1) is 12.7 Å². The topological polar surface area (TPSA) is 46.6 Å². The first-order valence-electron chi connectivity index (χ1n) is 9.04. The van der Waals surface area contributed by atoms with Gasteiger partial charge < -0.3 is 9.64 Å². The molecule has 0 atom stereocenters. The number of hydrogen-bond donors (Lipinski definition) is 0. The van der Waals surface area contributed by atoms with E-state index >= 15 is 0 Å². The smallest absolute Gasteiger partial charge is 0.257 e. The molecule has 2 aromatic carbocycles. The highest BCUT2D eigenvalue weighted by Gasteiger charge is 2.29. The summed E-state index contributed by atoms with van der Waals surface area (Å²) in [5, 5.41) is 0. The van der Waals surface area contributed by atoms with Gasteiger partial charge in [0.25, 0.3) is 5.91 Å². The highest BCUT2D eigenvalue weighted by atomic mass is 16.5. The molecule has 1 fully saturated rings. The van der Waals surface area contributed by atoms with E-state index in [9.17, 15) is 9.59 Å². The monoisotopic (exact) mass is 351 g/mol. The van der Waals surface area contributed by atoms with Gasteiger partial charge in [0.15, 0.2) is 5.78 Å². The lowest BCUT2D eigenvalue weighted by Crippen LogP contribution is -2.40. The second kappa shape index (κ2) is 7.73. The number of hydrogen-bond acceptors (Lipinski definition) is 3. The molecule has 1 saturated heterocycles. The van der Waals surface area contributed by atoms with Crippen molar-refractivity contribution in [3.8, 4) is 5.75 Å². The number of methoxy groups -OCH3 is 1. The van der Waals surface area contributed by atoms with Crippen molar-refractivity contribution in [2.24, 2.45) is 5.92 Å². The number of Topliss-reactive ketones (excluding diaryl/α,β-unsaturated/α-hetero) is 1. The maximum absolute atomic E-state index is 12.9. The van der Waals surface area contributed by atoms with Crippen LogP contribution < -0.4 is 4.74 Å². The van der Waals surface area contributed by atoms with Gasteiger partial charge in [-0.05, 0) is 38.8 Å². The molecule has 0 spiro atoms. The minimum absolute atomic E-state index is 0.0128. The van der Waals surface area contributed by atoms with Gasteiger partial charge in [-0.1, -0.05) is 41.5 Å². The molecule has 0 N–H and O–H groups in total. The van der Waals surface area contributed by atoms with Crippen molar-refractivity contribution < 1.29 is 14.3 Å². The molecule has 0 saturated carbocycles. The Hall–Kier alpha value is -2.62. The molecule has 0 bridgehead atoms. The Labute approximate surface area is 154 Å². The molecule has 1 aliphatic heterocycles. The van der Waals surface area contributed by atoms with Gasteiger partial charge in [-0.25, -0.2) is 0 Å². The molecule has 0 unspecified atom stereocenters. The molecule has 1 heterocycles. The predicted molar refractivity (Wildman–Crippen MR) is 102 cm³/mol. The maximum atomic E-state index is 12.9. The average molecular weight is 351 g/mol. The van der Waals surface area contributed by atoms with Crippen LogP contribution in [0.25, 0.3) is 0 Å². The Morgan fingerprint density at radius 1 is 0.962 bits per heavy atom. The van der Waals surface area contributed by atoms with Crippen LogP contribution in [0.1, 0.15) is 44.7 Å². The predicted octanol–water partition coefficient (Wildman–Crippen LogP) is 4.05. The largest absolute Gasteiger partial charge is 0.496 e. The summed E-state index contributed by atoms with van der Waals surface area (Å²) in [5.74, 6) is 0.747. The summed E-state index contributed by atoms with van der Waals surface area (Å²) in [6.45, 7) is 5.16. The third-order valence-electron chi connectivity index (χ3n) is 5.07. The molecule has 1 amide bonds. The fraction of sp³-hybridized carbons (Fsp3) is 0.364. The zero-order chi connectivity index (χ0) is 18.7. The van der Waals surface area contributed by atoms with Crippen molar-refractivity contribution >= 4 is 11.7 Å². The van der Waals surface area contributed by atoms with Crippen molar-refractivity contribution in [1.29, 1.82) is 0 Å². The number of benzene rings is 2. The average Bonchev–Trinajstić information content (AvgIpc) is 2.67. The number of aryl methyl sites for hydroxylation is 2. The van der Waals surface area contributed by atoms with Crippen LogP contribution in [0.15, 0.2) is 42.5 Å². The van der Waals surface area contributed by atoms with Crippen molar-refractivity contribution in [2.45, 2.75) is 26.7 Å². The molecule has 4 heteroatoms. The number of likely N-dealkylation sites (tertiary alicyclic amines) is 1. The zero-order valence-corrected chi connectivity index (χ0v) is 15.6. The molecule has 136 valence electrons. The quantitative estimate of drug-likeness (QED) is 0.781. The number of rotatable bonds is 4. The van der Waals surface area contributed by atoms with Crippen molar-refractivity contribution in [3.63, 3.8) is 0 Å². The molecule has 4 nitrogen and oxygen atoms in total. The van der Waals surface area contributed by atoms with Crippen LogP contribution in [-0.4, -0.2) is 36.8 Å². The summed E-state index contributed by atoms with van der Waals surface area (Å²) in [6, 6.07) is 13.4. The standard InChI is InChI=1S/C22H25NO3/c1-15-4-7-17(8-5-15)21(24)18-10-12-23(13-11-18)22(25)19-14-16(2)6-9-20(19)26-3/h4-9,14,18H,10-13H2,1-3H3. The number of ether oxygens (including phenoxy) is 1. The fourth-order valence-corrected chi connectivity index (χ4v) is 3.46. The van der Waals surface area contributed by atoms with Crippen LogP contribution in [0.2, 0.25) is 0 Å². The summed E-state index contributed by atoms with van der Waals surface area (Å²) in [7, 11) is 1.58. The number of carbonyl (C=O) groups is 2. The van der Waals surface area contributed by atoms with E-state index in [4.69, 9.17) is 4.74 Å². The van der Waals surface area contributed by atoms with Crippen LogP contribution in [0, 0.1) is 19.8 Å². The van der Waals surface area contributed by atoms with Gasteiger partial charge in [-0.2, -0.15) is 0 Å². The Morgan fingerprint density at radius 3 is 2.19 bits per heavy atom. The van der Waals surface area contributed by atoms with Gasteiger partial charge in [-0.3, -0.25) is 9.59 Å². The van der Waals surface area contributed by atoms with E-state index in [2.05, 4.69) is 0 Å². The first-order valence-corrected chi connectivity index (χ1v) is 9.04. The summed E-state index contributed by atoms with van der Waals surface area (Å²) >= 11 is 0. The van der Waals surface area contributed by atoms with Crippen LogP contribution >= 0.6 is 0 Å². The van der Waals surface area contributed by atoms with Crippen molar-refractivity contribution in [1.82, 2.24) is 4.90 Å². The van der Waals surface area contributed by atoms with Crippen molar-refractivity contribution in [3.05, 3.63) is 64.7 Å². The number of amides is 1. The van der Waals surface area contributed by atoms with Crippen LogP contribution in [0.4, 0.5) is 0 Å².